The van der Waals surface area contributed by atoms with Crippen LogP contribution in [0.3, 0.4) is 0 Å². The molecule has 1 rings (SSSR count). The lowest BCUT2D eigenvalue weighted by Gasteiger charge is -2.18. The van der Waals surface area contributed by atoms with Crippen LogP contribution in [0.25, 0.3) is 0 Å². The van der Waals surface area contributed by atoms with Crippen LogP contribution in [0.2, 0.25) is 0 Å². The molecule has 2 N–H and O–H groups in total. The highest BCUT2D eigenvalue weighted by Gasteiger charge is 2.35. The highest BCUT2D eigenvalue weighted by Crippen LogP contribution is 2.36. The Hall–Kier alpha value is -1.77. The third-order valence-corrected chi connectivity index (χ3v) is 7.05. The van der Waals surface area contributed by atoms with E-state index in [0.29, 0.717) is 25.0 Å². The summed E-state index contributed by atoms with van der Waals surface area (Å²) in [5.74, 6) is -0.976. The Morgan fingerprint density at radius 3 is 2.05 bits per heavy atom. The van der Waals surface area contributed by atoms with E-state index in [1.807, 2.05) is 6.08 Å². The Labute approximate surface area is 247 Å². The molecule has 1 aliphatic heterocycles. The smallest absolute Gasteiger partial charge is 0.462 e. The van der Waals surface area contributed by atoms with Crippen molar-refractivity contribution in [2.45, 2.75) is 135 Å². The molecule has 0 radical (unpaired) electrons. The minimum atomic E-state index is -4.75. The van der Waals surface area contributed by atoms with Crippen LogP contribution in [-0.2, 0) is 32.9 Å². The SMILES string of the molecule is CCCCC/C=C\CC1OC1C/C=C\C/C=C\CCCC(=O)OC[C@H](COP(=O)(O)O)OC(=O)CCCCCCC. The zero-order valence-electron chi connectivity index (χ0n) is 25.1. The minimum Gasteiger partial charge on any atom is -0.462 e. The molecule has 236 valence electrons. The van der Waals surface area contributed by atoms with Crippen molar-refractivity contribution in [3.8, 4) is 0 Å². The number of epoxide rings is 1. The molecule has 9 nitrogen and oxygen atoms in total. The number of carbonyl (C=O) groups is 2. The summed E-state index contributed by atoms with van der Waals surface area (Å²) in [6.07, 6.45) is 26.7. The van der Waals surface area contributed by atoms with Gasteiger partial charge in [-0.25, -0.2) is 4.57 Å². The Kier molecular flexibility index (Phi) is 21.6. The molecule has 2 unspecified atom stereocenters. The lowest BCUT2D eigenvalue weighted by Crippen LogP contribution is -2.29. The highest BCUT2D eigenvalue weighted by atomic mass is 31.2. The number of esters is 2. The number of carbonyl (C=O) groups excluding carboxylic acids is 2. The molecular formula is C31H53O9P. The molecule has 0 aromatic carbocycles. The summed E-state index contributed by atoms with van der Waals surface area (Å²) in [5.41, 5.74) is 0. The summed E-state index contributed by atoms with van der Waals surface area (Å²) in [6, 6.07) is 0. The van der Waals surface area contributed by atoms with Gasteiger partial charge in [0.25, 0.3) is 0 Å². The van der Waals surface area contributed by atoms with Crippen LogP contribution in [0.15, 0.2) is 36.5 Å². The second-order valence-corrected chi connectivity index (χ2v) is 11.7. The van der Waals surface area contributed by atoms with Gasteiger partial charge >= 0.3 is 19.8 Å². The van der Waals surface area contributed by atoms with Gasteiger partial charge in [-0.2, -0.15) is 0 Å². The van der Waals surface area contributed by atoms with E-state index in [0.717, 1.165) is 57.8 Å². The Morgan fingerprint density at radius 2 is 1.34 bits per heavy atom. The maximum atomic E-state index is 12.1. The van der Waals surface area contributed by atoms with E-state index in [1.165, 1.54) is 19.3 Å². The third-order valence-electron chi connectivity index (χ3n) is 6.56. The molecule has 1 fully saturated rings. The lowest BCUT2D eigenvalue weighted by atomic mass is 10.1. The monoisotopic (exact) mass is 600 g/mol. The zero-order chi connectivity index (χ0) is 30.2. The van der Waals surface area contributed by atoms with Gasteiger partial charge in [-0.15, -0.1) is 0 Å². The first-order valence-electron chi connectivity index (χ1n) is 15.4. The first-order valence-corrected chi connectivity index (χ1v) is 16.9. The van der Waals surface area contributed by atoms with Gasteiger partial charge in [-0.05, 0) is 51.4 Å². The average molecular weight is 601 g/mol. The topological polar surface area (TPSA) is 132 Å². The summed E-state index contributed by atoms with van der Waals surface area (Å²) < 4.78 is 31.6. The second kappa shape index (κ2) is 23.8. The first kappa shape index (κ1) is 37.3. The molecule has 1 aliphatic rings. The molecule has 0 aliphatic carbocycles. The van der Waals surface area contributed by atoms with E-state index in [2.05, 4.69) is 48.8 Å². The number of allylic oxidation sites excluding steroid dienone is 4. The number of phosphoric acid groups is 1. The molecule has 41 heavy (non-hydrogen) atoms. The number of rotatable bonds is 26. The summed E-state index contributed by atoms with van der Waals surface area (Å²) in [4.78, 5) is 42.1. The van der Waals surface area contributed by atoms with Crippen LogP contribution in [0, 0.1) is 0 Å². The number of hydrogen-bond donors (Lipinski definition) is 2. The van der Waals surface area contributed by atoms with Crippen LogP contribution < -0.4 is 0 Å². The van der Waals surface area contributed by atoms with E-state index in [4.69, 9.17) is 24.0 Å². The maximum absolute atomic E-state index is 12.1. The molecule has 0 saturated carbocycles. The van der Waals surface area contributed by atoms with Crippen molar-refractivity contribution >= 4 is 19.8 Å². The fourth-order valence-electron chi connectivity index (χ4n) is 4.11. The molecular weight excluding hydrogens is 547 g/mol. The van der Waals surface area contributed by atoms with Crippen molar-refractivity contribution in [2.24, 2.45) is 0 Å². The third kappa shape index (κ3) is 23.5. The molecule has 1 saturated heterocycles. The maximum Gasteiger partial charge on any atom is 0.469 e. The predicted octanol–water partition coefficient (Wildman–Crippen LogP) is 7.27. The van der Waals surface area contributed by atoms with Gasteiger partial charge in [0.2, 0.25) is 0 Å². The van der Waals surface area contributed by atoms with Gasteiger partial charge in [-0.3, -0.25) is 14.1 Å². The summed E-state index contributed by atoms with van der Waals surface area (Å²) in [6.45, 7) is 3.45. The predicted molar refractivity (Wildman–Crippen MR) is 160 cm³/mol. The summed E-state index contributed by atoms with van der Waals surface area (Å²) >= 11 is 0. The van der Waals surface area contributed by atoms with Crippen LogP contribution in [0.5, 0.6) is 0 Å². The van der Waals surface area contributed by atoms with Gasteiger partial charge in [0.15, 0.2) is 6.10 Å². The van der Waals surface area contributed by atoms with Gasteiger partial charge in [0, 0.05) is 12.8 Å². The van der Waals surface area contributed by atoms with E-state index in [-0.39, 0.29) is 19.4 Å². The van der Waals surface area contributed by atoms with Gasteiger partial charge < -0.3 is 24.0 Å². The molecule has 0 aromatic rings. The van der Waals surface area contributed by atoms with Gasteiger partial charge in [-0.1, -0.05) is 88.8 Å². The van der Waals surface area contributed by atoms with Crippen LogP contribution >= 0.6 is 7.82 Å². The van der Waals surface area contributed by atoms with E-state index < -0.39 is 32.5 Å². The minimum absolute atomic E-state index is 0.186. The summed E-state index contributed by atoms with van der Waals surface area (Å²) in [5, 5.41) is 0. The van der Waals surface area contributed by atoms with Crippen LogP contribution in [0.4, 0.5) is 0 Å². The summed E-state index contributed by atoms with van der Waals surface area (Å²) in [7, 11) is -4.75. The number of ether oxygens (including phenoxy) is 3. The number of hydrogen-bond acceptors (Lipinski definition) is 7. The molecule has 0 spiro atoms. The van der Waals surface area contributed by atoms with E-state index >= 15 is 0 Å². The van der Waals surface area contributed by atoms with Crippen LogP contribution in [-0.4, -0.2) is 53.3 Å². The highest BCUT2D eigenvalue weighted by molar-refractivity contribution is 7.46. The van der Waals surface area contributed by atoms with Crippen molar-refractivity contribution in [3.05, 3.63) is 36.5 Å². The van der Waals surface area contributed by atoms with E-state index in [1.54, 1.807) is 0 Å². The van der Waals surface area contributed by atoms with Crippen molar-refractivity contribution in [1.29, 1.82) is 0 Å². The van der Waals surface area contributed by atoms with Crippen molar-refractivity contribution in [2.75, 3.05) is 13.2 Å². The molecule has 1 heterocycles. The first-order chi connectivity index (χ1) is 19.7. The number of phosphoric ester groups is 1. The van der Waals surface area contributed by atoms with Crippen molar-refractivity contribution in [1.82, 2.24) is 0 Å². The molecule has 0 bridgehead atoms. The standard InChI is InChI=1S/C31H53O9P/c1-3-5-7-9-14-17-21-28-29(40-28)22-18-15-11-10-12-16-19-23-30(32)37-25-27(26-38-41(34,35)36)39-31(33)24-20-13-8-6-4-2/h10,12,14-15,17-18,27-29H,3-9,11,13,16,19-26H2,1-2H3,(H2,34,35,36)/b12-10-,17-14-,18-15-/t27-,28?,29?/m1/s1. The Morgan fingerprint density at radius 1 is 0.756 bits per heavy atom. The van der Waals surface area contributed by atoms with Gasteiger partial charge in [0.1, 0.15) is 6.61 Å². The molecule has 0 amide bonds. The molecule has 10 heteroatoms. The van der Waals surface area contributed by atoms with Crippen molar-refractivity contribution in [3.63, 3.8) is 0 Å². The second-order valence-electron chi connectivity index (χ2n) is 10.5. The van der Waals surface area contributed by atoms with Gasteiger partial charge in [0.05, 0.1) is 18.8 Å². The fraction of sp³-hybridized carbons (Fsp3) is 0.742. The molecule has 0 aromatic heterocycles. The lowest BCUT2D eigenvalue weighted by molar-refractivity contribution is -0.161. The quantitative estimate of drug-likeness (QED) is 0.0346. The average Bonchev–Trinajstić information content (AvgIpc) is 3.68. The fourth-order valence-corrected chi connectivity index (χ4v) is 4.47. The normalized spacial score (nSPS) is 18.0. The van der Waals surface area contributed by atoms with E-state index in [9.17, 15) is 14.2 Å². The van der Waals surface area contributed by atoms with Crippen molar-refractivity contribution < 1.29 is 42.7 Å². The van der Waals surface area contributed by atoms with Crippen LogP contribution in [0.1, 0.15) is 117 Å². The zero-order valence-corrected chi connectivity index (χ0v) is 26.0. The number of unbranched alkanes of at least 4 members (excludes halogenated alkanes) is 8. The Bertz CT molecular complexity index is 833. The molecule has 3 atom stereocenters. The largest absolute Gasteiger partial charge is 0.469 e. The Balaban J connectivity index is 2.16.